The molecule has 0 heterocycles. The molecule has 0 aliphatic heterocycles. The molecule has 226 valence electrons. The predicted molar refractivity (Wildman–Crippen MR) is 155 cm³/mol. The molecule has 1 atom stereocenters. The van der Waals surface area contributed by atoms with Crippen LogP contribution in [0.5, 0.6) is 11.5 Å². The van der Waals surface area contributed by atoms with Crippen molar-refractivity contribution in [2.75, 3.05) is 25.1 Å². The van der Waals surface area contributed by atoms with Crippen molar-refractivity contribution in [1.29, 1.82) is 0 Å². The zero-order valence-electron chi connectivity index (χ0n) is 24.4. The van der Waals surface area contributed by atoms with Crippen molar-refractivity contribution < 1.29 is 36.3 Å². The first-order chi connectivity index (χ1) is 19.7. The molecule has 3 aromatic rings. The van der Waals surface area contributed by atoms with E-state index in [1.54, 1.807) is 20.8 Å². The van der Waals surface area contributed by atoms with E-state index in [2.05, 4.69) is 5.32 Å². The molecule has 0 unspecified atom stereocenters. The van der Waals surface area contributed by atoms with E-state index in [0.29, 0.717) is 11.3 Å². The van der Waals surface area contributed by atoms with E-state index in [1.165, 1.54) is 80.6 Å². The average molecular weight is 604 g/mol. The Hall–Kier alpha value is -4.19. The molecule has 0 spiro atoms. The minimum Gasteiger partial charge on any atom is -0.493 e. The Kier molecular flexibility index (Phi) is 10.2. The minimum atomic E-state index is -4.43. The number of sulfonamides is 1. The van der Waals surface area contributed by atoms with E-state index >= 15 is 0 Å². The Labute approximate surface area is 245 Å². The SMILES string of the molecule is COc1ccc(S(=O)(=O)N(CC(=O)N(Cc2ccc(F)cc2)[C@H](C)C(=O)NC(C)(C)C)c2ccc(F)cc2)cc1OC. The second kappa shape index (κ2) is 13.2. The summed E-state index contributed by atoms with van der Waals surface area (Å²) in [5.41, 5.74) is -0.0587. The highest BCUT2D eigenvalue weighted by Crippen LogP contribution is 2.32. The summed E-state index contributed by atoms with van der Waals surface area (Å²) in [5.74, 6) is -1.81. The van der Waals surface area contributed by atoms with Crippen LogP contribution in [0, 0.1) is 11.6 Å². The zero-order chi connectivity index (χ0) is 31.2. The van der Waals surface area contributed by atoms with E-state index < -0.39 is 51.6 Å². The lowest BCUT2D eigenvalue weighted by molar-refractivity contribution is -0.140. The fourth-order valence-corrected chi connectivity index (χ4v) is 5.51. The molecular formula is C30H35F2N3O6S. The number of hydrogen-bond donors (Lipinski definition) is 1. The summed E-state index contributed by atoms with van der Waals surface area (Å²) in [6.45, 7) is 6.05. The van der Waals surface area contributed by atoms with E-state index in [0.717, 1.165) is 16.4 Å². The van der Waals surface area contributed by atoms with Crippen LogP contribution < -0.4 is 19.1 Å². The molecule has 1 N–H and O–H groups in total. The summed E-state index contributed by atoms with van der Waals surface area (Å²) in [7, 11) is -1.67. The van der Waals surface area contributed by atoms with E-state index in [-0.39, 0.29) is 22.9 Å². The third-order valence-electron chi connectivity index (χ3n) is 6.27. The second-order valence-electron chi connectivity index (χ2n) is 10.6. The van der Waals surface area contributed by atoms with Crippen LogP contribution in [0.1, 0.15) is 33.3 Å². The highest BCUT2D eigenvalue weighted by molar-refractivity contribution is 7.92. The monoisotopic (exact) mass is 603 g/mol. The molecular weight excluding hydrogens is 568 g/mol. The molecule has 0 aromatic heterocycles. The first-order valence-corrected chi connectivity index (χ1v) is 14.5. The number of methoxy groups -OCH3 is 2. The fourth-order valence-electron chi connectivity index (χ4n) is 4.08. The Morgan fingerprint density at radius 1 is 0.881 bits per heavy atom. The molecule has 0 saturated carbocycles. The number of ether oxygens (including phenoxy) is 2. The van der Waals surface area contributed by atoms with Gasteiger partial charge >= 0.3 is 0 Å². The number of carbonyl (C=O) groups excluding carboxylic acids is 2. The van der Waals surface area contributed by atoms with Crippen LogP contribution in [0.4, 0.5) is 14.5 Å². The van der Waals surface area contributed by atoms with Crippen molar-refractivity contribution >= 4 is 27.5 Å². The lowest BCUT2D eigenvalue weighted by Crippen LogP contribution is -2.54. The molecule has 3 rings (SSSR count). The summed E-state index contributed by atoms with van der Waals surface area (Å²) < 4.78 is 66.6. The summed E-state index contributed by atoms with van der Waals surface area (Å²) in [5, 5.41) is 2.83. The first-order valence-electron chi connectivity index (χ1n) is 13.0. The average Bonchev–Trinajstić information content (AvgIpc) is 2.94. The van der Waals surface area contributed by atoms with Crippen LogP contribution in [0.25, 0.3) is 0 Å². The van der Waals surface area contributed by atoms with Gasteiger partial charge in [0.05, 0.1) is 24.8 Å². The van der Waals surface area contributed by atoms with Gasteiger partial charge in [-0.1, -0.05) is 12.1 Å². The lowest BCUT2D eigenvalue weighted by atomic mass is 10.1. The van der Waals surface area contributed by atoms with E-state index in [9.17, 15) is 26.8 Å². The topological polar surface area (TPSA) is 105 Å². The lowest BCUT2D eigenvalue weighted by Gasteiger charge is -2.33. The molecule has 0 aliphatic carbocycles. The van der Waals surface area contributed by atoms with Gasteiger partial charge in [-0.2, -0.15) is 0 Å². The Morgan fingerprint density at radius 2 is 1.43 bits per heavy atom. The van der Waals surface area contributed by atoms with Crippen molar-refractivity contribution in [3.05, 3.63) is 83.9 Å². The number of halogens is 2. The van der Waals surface area contributed by atoms with Crippen LogP contribution in [0.3, 0.4) is 0 Å². The summed E-state index contributed by atoms with van der Waals surface area (Å²) in [4.78, 5) is 28.1. The molecule has 2 amide bonds. The van der Waals surface area contributed by atoms with Gasteiger partial charge in [0, 0.05) is 18.2 Å². The first kappa shape index (κ1) is 32.3. The van der Waals surface area contributed by atoms with Gasteiger partial charge in [0.2, 0.25) is 11.8 Å². The van der Waals surface area contributed by atoms with Crippen molar-refractivity contribution in [1.82, 2.24) is 10.2 Å². The number of hydrogen-bond acceptors (Lipinski definition) is 6. The number of anilines is 1. The summed E-state index contributed by atoms with van der Waals surface area (Å²) >= 11 is 0. The van der Waals surface area contributed by atoms with Crippen LogP contribution in [0.15, 0.2) is 71.6 Å². The molecule has 42 heavy (non-hydrogen) atoms. The van der Waals surface area contributed by atoms with Gasteiger partial charge in [-0.15, -0.1) is 0 Å². The van der Waals surface area contributed by atoms with Gasteiger partial charge in [-0.3, -0.25) is 13.9 Å². The second-order valence-corrected chi connectivity index (χ2v) is 12.4. The largest absolute Gasteiger partial charge is 0.493 e. The maximum Gasteiger partial charge on any atom is 0.264 e. The molecule has 3 aromatic carbocycles. The molecule has 0 bridgehead atoms. The van der Waals surface area contributed by atoms with E-state index in [4.69, 9.17) is 9.47 Å². The molecule has 0 radical (unpaired) electrons. The number of amides is 2. The maximum absolute atomic E-state index is 14.0. The van der Waals surface area contributed by atoms with Gasteiger partial charge in [0.1, 0.15) is 24.2 Å². The smallest absolute Gasteiger partial charge is 0.264 e. The summed E-state index contributed by atoms with van der Waals surface area (Å²) in [6.07, 6.45) is 0. The third-order valence-corrected chi connectivity index (χ3v) is 8.04. The highest BCUT2D eigenvalue weighted by Gasteiger charge is 2.34. The zero-order valence-corrected chi connectivity index (χ0v) is 25.2. The third kappa shape index (κ3) is 7.96. The number of rotatable bonds is 11. The van der Waals surface area contributed by atoms with Crippen LogP contribution in [-0.2, 0) is 26.2 Å². The Bertz CT molecular complexity index is 1510. The highest BCUT2D eigenvalue weighted by atomic mass is 32.2. The van der Waals surface area contributed by atoms with Crippen molar-refractivity contribution in [3.63, 3.8) is 0 Å². The molecule has 0 saturated heterocycles. The number of nitrogens with one attached hydrogen (secondary N) is 1. The molecule has 9 nitrogen and oxygen atoms in total. The van der Waals surface area contributed by atoms with Gasteiger partial charge in [-0.05, 0) is 81.8 Å². The van der Waals surface area contributed by atoms with Gasteiger partial charge in [-0.25, -0.2) is 17.2 Å². The van der Waals surface area contributed by atoms with Gasteiger partial charge in [0.25, 0.3) is 10.0 Å². The summed E-state index contributed by atoms with van der Waals surface area (Å²) in [6, 6.07) is 13.0. The number of carbonyl (C=O) groups is 2. The maximum atomic E-state index is 14.0. The van der Waals surface area contributed by atoms with Crippen LogP contribution in [-0.4, -0.2) is 57.5 Å². The quantitative estimate of drug-likeness (QED) is 0.346. The minimum absolute atomic E-state index is 0.0214. The van der Waals surface area contributed by atoms with Gasteiger partial charge < -0.3 is 19.7 Å². The Balaban J connectivity index is 2.07. The standard InChI is InChI=1S/C30H35F2N3O6S/c1-20(29(37)33-30(2,3)4)34(18-21-7-9-22(31)10-8-21)28(36)19-35(24-13-11-23(32)12-14-24)42(38,39)25-15-16-26(40-5)27(17-25)41-6/h7-17,20H,18-19H2,1-6H3,(H,33,37)/t20-/m1/s1. The fraction of sp³-hybridized carbons (Fsp3) is 0.333. The van der Waals surface area contributed by atoms with Crippen LogP contribution >= 0.6 is 0 Å². The van der Waals surface area contributed by atoms with E-state index in [1.807, 2.05) is 0 Å². The van der Waals surface area contributed by atoms with Gasteiger partial charge in [0.15, 0.2) is 11.5 Å². The van der Waals surface area contributed by atoms with Crippen molar-refractivity contribution in [2.45, 2.75) is 50.7 Å². The number of nitrogens with zero attached hydrogens (tertiary/aromatic N) is 2. The number of benzene rings is 3. The van der Waals surface area contributed by atoms with Crippen LogP contribution in [0.2, 0.25) is 0 Å². The van der Waals surface area contributed by atoms with Crippen molar-refractivity contribution in [3.8, 4) is 11.5 Å². The Morgan fingerprint density at radius 3 is 1.95 bits per heavy atom. The molecule has 0 aliphatic rings. The predicted octanol–water partition coefficient (Wildman–Crippen LogP) is 4.51. The molecule has 12 heteroatoms. The van der Waals surface area contributed by atoms with Crippen molar-refractivity contribution in [2.24, 2.45) is 0 Å². The molecule has 0 fully saturated rings. The normalized spacial score (nSPS) is 12.3.